The zero-order chi connectivity index (χ0) is 14.5. The summed E-state index contributed by atoms with van der Waals surface area (Å²) in [6.07, 6.45) is 0.539. The number of carbonyl (C=O) groups is 1. The van der Waals surface area contributed by atoms with E-state index in [0.29, 0.717) is 16.5 Å². The maximum atomic E-state index is 13.4. The highest BCUT2D eigenvalue weighted by Crippen LogP contribution is 2.21. The molecule has 2 nitrogen and oxygen atoms in total. The van der Waals surface area contributed by atoms with E-state index in [4.69, 9.17) is 4.74 Å². The van der Waals surface area contributed by atoms with Crippen molar-refractivity contribution in [2.75, 3.05) is 7.11 Å². The van der Waals surface area contributed by atoms with E-state index in [0.717, 1.165) is 11.3 Å². The highest BCUT2D eigenvalue weighted by atomic mass is 79.9. The lowest BCUT2D eigenvalue weighted by Gasteiger charge is -2.06. The lowest BCUT2D eigenvalue weighted by molar-refractivity contribution is -0.117. The molecule has 0 saturated carbocycles. The van der Waals surface area contributed by atoms with E-state index in [1.54, 1.807) is 19.2 Å². The van der Waals surface area contributed by atoms with E-state index in [-0.39, 0.29) is 18.0 Å². The van der Waals surface area contributed by atoms with Gasteiger partial charge in [-0.3, -0.25) is 4.79 Å². The first kappa shape index (κ1) is 14.7. The van der Waals surface area contributed by atoms with E-state index in [1.165, 1.54) is 6.07 Å². The molecule has 0 atom stereocenters. The van der Waals surface area contributed by atoms with Crippen LogP contribution in [0.25, 0.3) is 0 Å². The number of halogens is 2. The SMILES string of the molecule is COc1ccc(CC(=O)Cc2cccc(F)c2Br)cc1. The molecule has 20 heavy (non-hydrogen) atoms. The van der Waals surface area contributed by atoms with Crippen molar-refractivity contribution >= 4 is 21.7 Å². The van der Waals surface area contributed by atoms with Crippen LogP contribution in [0.5, 0.6) is 5.75 Å². The summed E-state index contributed by atoms with van der Waals surface area (Å²) in [5.74, 6) is 0.454. The lowest BCUT2D eigenvalue weighted by Crippen LogP contribution is -2.07. The summed E-state index contributed by atoms with van der Waals surface area (Å²) in [6.45, 7) is 0. The standard InChI is InChI=1S/C16H14BrFO2/c1-20-14-7-5-11(6-8-14)9-13(19)10-12-3-2-4-15(18)16(12)17/h2-8H,9-10H2,1H3. The van der Waals surface area contributed by atoms with Crippen LogP contribution in [-0.4, -0.2) is 12.9 Å². The summed E-state index contributed by atoms with van der Waals surface area (Å²) < 4.78 is 18.8. The van der Waals surface area contributed by atoms with Gasteiger partial charge in [0.2, 0.25) is 0 Å². The fourth-order valence-electron chi connectivity index (χ4n) is 1.93. The predicted molar refractivity (Wildman–Crippen MR) is 79.5 cm³/mol. The molecule has 0 aliphatic heterocycles. The van der Waals surface area contributed by atoms with Crippen molar-refractivity contribution in [2.45, 2.75) is 12.8 Å². The summed E-state index contributed by atoms with van der Waals surface area (Å²) in [7, 11) is 1.60. The molecule has 0 aliphatic carbocycles. The van der Waals surface area contributed by atoms with E-state index in [9.17, 15) is 9.18 Å². The summed E-state index contributed by atoms with van der Waals surface area (Å²) in [5.41, 5.74) is 1.59. The molecule has 0 heterocycles. The molecule has 0 saturated heterocycles. The molecule has 0 amide bonds. The van der Waals surface area contributed by atoms with Gasteiger partial charge in [-0.05, 0) is 45.3 Å². The maximum Gasteiger partial charge on any atom is 0.141 e. The van der Waals surface area contributed by atoms with Gasteiger partial charge in [0, 0.05) is 12.8 Å². The van der Waals surface area contributed by atoms with Gasteiger partial charge >= 0.3 is 0 Å². The lowest BCUT2D eigenvalue weighted by atomic mass is 10.0. The molecule has 0 N–H and O–H groups in total. The van der Waals surface area contributed by atoms with Gasteiger partial charge in [0.25, 0.3) is 0 Å². The Bertz CT molecular complexity index is 608. The molecule has 2 aromatic carbocycles. The predicted octanol–water partition coefficient (Wildman–Crippen LogP) is 3.95. The van der Waals surface area contributed by atoms with Crippen molar-refractivity contribution in [1.82, 2.24) is 0 Å². The van der Waals surface area contributed by atoms with Crippen molar-refractivity contribution in [3.8, 4) is 5.75 Å². The minimum atomic E-state index is -0.347. The first-order chi connectivity index (χ1) is 9.60. The third-order valence-corrected chi connectivity index (χ3v) is 3.87. The zero-order valence-corrected chi connectivity index (χ0v) is 12.6. The van der Waals surface area contributed by atoms with Crippen molar-refractivity contribution in [2.24, 2.45) is 0 Å². The third kappa shape index (κ3) is 3.67. The number of benzene rings is 2. The van der Waals surface area contributed by atoms with Crippen LogP contribution in [0, 0.1) is 5.82 Å². The minimum absolute atomic E-state index is 0.0430. The fourth-order valence-corrected chi connectivity index (χ4v) is 2.34. The van der Waals surface area contributed by atoms with Crippen molar-refractivity contribution in [1.29, 1.82) is 0 Å². The van der Waals surface area contributed by atoms with Gasteiger partial charge in [0.15, 0.2) is 0 Å². The van der Waals surface area contributed by atoms with Gasteiger partial charge in [-0.1, -0.05) is 24.3 Å². The zero-order valence-electron chi connectivity index (χ0n) is 11.0. The van der Waals surface area contributed by atoms with Crippen LogP contribution in [0.4, 0.5) is 4.39 Å². The van der Waals surface area contributed by atoms with Gasteiger partial charge in [-0.15, -0.1) is 0 Å². The molecule has 0 aliphatic rings. The van der Waals surface area contributed by atoms with Crippen molar-refractivity contribution < 1.29 is 13.9 Å². The molecule has 2 aromatic rings. The van der Waals surface area contributed by atoms with Gasteiger partial charge in [0.1, 0.15) is 17.3 Å². The first-order valence-electron chi connectivity index (χ1n) is 6.17. The molecule has 104 valence electrons. The summed E-state index contributed by atoms with van der Waals surface area (Å²) >= 11 is 3.17. The molecule has 0 unspecified atom stereocenters. The Morgan fingerprint density at radius 1 is 1.15 bits per heavy atom. The number of rotatable bonds is 5. The van der Waals surface area contributed by atoms with Crippen LogP contribution >= 0.6 is 15.9 Å². The largest absolute Gasteiger partial charge is 0.497 e. The monoisotopic (exact) mass is 336 g/mol. The van der Waals surface area contributed by atoms with Gasteiger partial charge < -0.3 is 4.74 Å². The van der Waals surface area contributed by atoms with Gasteiger partial charge in [0.05, 0.1) is 11.6 Å². The van der Waals surface area contributed by atoms with Crippen LogP contribution in [0.2, 0.25) is 0 Å². The van der Waals surface area contributed by atoms with Gasteiger partial charge in [-0.25, -0.2) is 4.39 Å². The van der Waals surface area contributed by atoms with E-state index in [2.05, 4.69) is 15.9 Å². The first-order valence-corrected chi connectivity index (χ1v) is 6.97. The Balaban J connectivity index is 2.03. The molecule has 0 spiro atoms. The fraction of sp³-hybridized carbons (Fsp3) is 0.188. The second kappa shape index (κ2) is 6.66. The normalized spacial score (nSPS) is 10.3. The number of ketones is 1. The molecule has 0 fully saturated rings. The summed E-state index contributed by atoms with van der Waals surface area (Å²) in [6, 6.07) is 12.1. The van der Waals surface area contributed by atoms with Crippen LogP contribution in [-0.2, 0) is 17.6 Å². The quantitative estimate of drug-likeness (QED) is 0.826. The maximum absolute atomic E-state index is 13.4. The van der Waals surface area contributed by atoms with Crippen molar-refractivity contribution in [3.63, 3.8) is 0 Å². The summed E-state index contributed by atoms with van der Waals surface area (Å²) in [5, 5.41) is 0. The van der Waals surface area contributed by atoms with E-state index < -0.39 is 0 Å². The number of ether oxygens (including phenoxy) is 1. The smallest absolute Gasteiger partial charge is 0.141 e. The molecule has 0 bridgehead atoms. The van der Waals surface area contributed by atoms with Crippen LogP contribution in [0.3, 0.4) is 0 Å². The van der Waals surface area contributed by atoms with Crippen LogP contribution in [0.1, 0.15) is 11.1 Å². The van der Waals surface area contributed by atoms with E-state index >= 15 is 0 Å². The van der Waals surface area contributed by atoms with Gasteiger partial charge in [-0.2, -0.15) is 0 Å². The Hall–Kier alpha value is -1.68. The number of Topliss-reactive ketones (excluding diaryl/α,β-unsaturated/α-hetero) is 1. The van der Waals surface area contributed by atoms with Crippen molar-refractivity contribution in [3.05, 3.63) is 63.9 Å². The molecule has 0 aromatic heterocycles. The topological polar surface area (TPSA) is 26.3 Å². The Labute approximate surface area is 125 Å². The molecular weight excluding hydrogens is 323 g/mol. The second-order valence-electron chi connectivity index (χ2n) is 4.45. The summed E-state index contributed by atoms with van der Waals surface area (Å²) in [4.78, 5) is 12.0. The Morgan fingerprint density at radius 2 is 1.85 bits per heavy atom. The second-order valence-corrected chi connectivity index (χ2v) is 5.25. The minimum Gasteiger partial charge on any atom is -0.497 e. The van der Waals surface area contributed by atoms with Crippen LogP contribution in [0.15, 0.2) is 46.9 Å². The Morgan fingerprint density at radius 3 is 2.50 bits per heavy atom. The molecule has 4 heteroatoms. The number of methoxy groups -OCH3 is 1. The molecular formula is C16H14BrFO2. The highest BCUT2D eigenvalue weighted by molar-refractivity contribution is 9.10. The number of hydrogen-bond donors (Lipinski definition) is 0. The average molecular weight is 337 g/mol. The molecule has 2 rings (SSSR count). The van der Waals surface area contributed by atoms with Crippen LogP contribution < -0.4 is 4.74 Å². The third-order valence-electron chi connectivity index (χ3n) is 2.98. The Kier molecular flexibility index (Phi) is 4.90. The highest BCUT2D eigenvalue weighted by Gasteiger charge is 2.10. The number of carbonyl (C=O) groups excluding carboxylic acids is 1. The van der Waals surface area contributed by atoms with E-state index in [1.807, 2.05) is 24.3 Å². The number of hydrogen-bond acceptors (Lipinski definition) is 2. The molecule has 0 radical (unpaired) electrons. The average Bonchev–Trinajstić information content (AvgIpc) is 2.45.